The number of carbonyl (C=O) groups is 5. The second kappa shape index (κ2) is 53.2. The van der Waals surface area contributed by atoms with E-state index in [1.54, 1.807) is 239 Å². The van der Waals surface area contributed by atoms with Crippen LogP contribution in [0.3, 0.4) is 0 Å². The summed E-state index contributed by atoms with van der Waals surface area (Å²) < 4.78 is 86.4. The SMILES string of the molecule is CC(=O)Oc1ccc(C(C)(c2ccc(OC(C)=O)cc2)c2ccc(OC(C)=O)cc2)cc1.COc1ccc(C(=C2C=CC(=[O+]C)C=C2)c2ccc(CO)cc2)cc1.COc1ccc(C(C(=O)O)(c2ccc(CO)cc2)c2ccc(OC)cc2)cc1.COc1ccc(C(C(=O)O)(c2ccc(CO)cc2)c2ccc(OC)cc2)cc1.COc1ccc(C(O)(c2ccc(CO)cc2)c2ccc(OC)cc2)cc1.FB(F)F.[F-]. The molecule has 0 aromatic heterocycles. The topological polar surface area (TPSA) is 331 Å². The van der Waals surface area contributed by atoms with E-state index in [2.05, 4.69) is 31.2 Å². The lowest BCUT2D eigenvalue weighted by atomic mass is 9.69. The van der Waals surface area contributed by atoms with Gasteiger partial charge < -0.3 is 87.8 Å². The predicted octanol–water partition coefficient (Wildman–Crippen LogP) is 17.3. The number of esters is 3. The number of carboxylic acid groups (broad SMARTS) is 2. The highest BCUT2D eigenvalue weighted by Crippen LogP contribution is 2.46. The summed E-state index contributed by atoms with van der Waals surface area (Å²) in [5.41, 5.74) is 11.3. The minimum atomic E-state index is -3.67. The van der Waals surface area contributed by atoms with Crippen molar-refractivity contribution in [1.82, 2.24) is 0 Å². The molecule has 0 atom stereocenters. The molecule has 0 heterocycles. The molecule has 15 rings (SSSR count). The van der Waals surface area contributed by atoms with Crippen LogP contribution in [0, 0.1) is 0 Å². The standard InChI is InChI=1S/C26H24O6.2C23H22O5.C22H22O4.C22H21O3.BF3.FH/c1-17(27)30-23-11-5-20(6-12-23)26(4,21-7-13-24(14-8-21)31-18(2)28)22-9-15-25(16-10-22)32-19(3)29;2*1-27-20-11-7-18(8-12-20)23(22(25)26,17-5-3-16(15-24)4-6-17)19-9-13-21(28-2)14-10-19;1-25-20-11-7-18(8-12-20)22(24,17-5-3-16(15-23)4-6-17)19-9-13-21(26-2)14-10-19;1-24-20-11-7-18(8-12-20)22(17-5-3-16(15-23)4-6-17)19-9-13-21(25-2)14-10-19;2-1(3)4;/h5-16H,1-4H3;2*3-14,24H,15H2,1-2H3,(H,25,26);3-14,23-24H,15H2,1-2H3;3-14,23H,15H2,1-2H3;;1H/q;;;;+1;;/p-1. The zero-order valence-electron chi connectivity index (χ0n) is 81.2. The van der Waals surface area contributed by atoms with E-state index in [0.717, 1.165) is 84.2 Å². The Hall–Kier alpha value is -16.5. The van der Waals surface area contributed by atoms with Crippen LogP contribution in [0.1, 0.15) is 128 Å². The first-order valence-electron chi connectivity index (χ1n) is 44.7. The van der Waals surface area contributed by atoms with E-state index in [1.165, 1.54) is 20.8 Å². The highest BCUT2D eigenvalue weighted by atomic mass is 19.4. The van der Waals surface area contributed by atoms with Crippen molar-refractivity contribution in [2.75, 3.05) is 56.9 Å². The average Bonchev–Trinajstić information content (AvgIpc) is 0.739. The van der Waals surface area contributed by atoms with Gasteiger partial charge in [0.15, 0.2) is 0 Å². The molecule has 14 aromatic rings. The van der Waals surface area contributed by atoms with E-state index in [1.807, 2.05) is 158 Å². The van der Waals surface area contributed by atoms with Gasteiger partial charge in [0.2, 0.25) is 0 Å². The lowest BCUT2D eigenvalue weighted by Gasteiger charge is -2.32. The molecule has 1 aliphatic carbocycles. The molecule has 0 saturated carbocycles. The van der Waals surface area contributed by atoms with Gasteiger partial charge in [-0.15, -0.1) is 0 Å². The molecule has 0 radical (unpaired) electrons. The Labute approximate surface area is 833 Å². The van der Waals surface area contributed by atoms with Gasteiger partial charge in [0.1, 0.15) is 73.9 Å². The third-order valence-electron chi connectivity index (χ3n) is 23.7. The Balaban J connectivity index is 0.000000199. The van der Waals surface area contributed by atoms with E-state index in [4.69, 9.17) is 51.8 Å². The molecule has 23 nitrogen and oxygen atoms in total. The number of aliphatic hydroxyl groups is 5. The maximum atomic E-state index is 12.8. The minimum absolute atomic E-state index is 0. The highest BCUT2D eigenvalue weighted by molar-refractivity contribution is 6.33. The molecular weight excluding hydrogens is 1850 g/mol. The van der Waals surface area contributed by atoms with Crippen LogP contribution in [0.15, 0.2) is 370 Å². The van der Waals surface area contributed by atoms with Crippen molar-refractivity contribution in [1.29, 1.82) is 0 Å². The summed E-state index contributed by atoms with van der Waals surface area (Å²) in [5.74, 6) is 3.90. The quantitative estimate of drug-likeness (QED) is 0.00549. The number of hydrogen-bond donors (Lipinski definition) is 7. The fourth-order valence-corrected chi connectivity index (χ4v) is 16.2. The molecule has 28 heteroatoms. The summed E-state index contributed by atoms with van der Waals surface area (Å²) in [7, 11) is 9.14. The fourth-order valence-electron chi connectivity index (χ4n) is 16.2. The van der Waals surface area contributed by atoms with E-state index < -0.39 is 41.3 Å². The lowest BCUT2D eigenvalue weighted by molar-refractivity contribution is -0.417. The van der Waals surface area contributed by atoms with E-state index >= 15 is 0 Å². The number of benzene rings is 14. The summed E-state index contributed by atoms with van der Waals surface area (Å²) in [4.78, 5) is 59.3. The molecule has 0 saturated heterocycles. The molecule has 0 unspecified atom stereocenters. The van der Waals surface area contributed by atoms with Crippen molar-refractivity contribution >= 4 is 48.7 Å². The summed E-state index contributed by atoms with van der Waals surface area (Å²) in [6.45, 7) is 5.92. The van der Waals surface area contributed by atoms with Crippen LogP contribution in [-0.4, -0.2) is 136 Å². The van der Waals surface area contributed by atoms with Crippen molar-refractivity contribution in [3.05, 3.63) is 470 Å². The fraction of sp³-hybridized carbons (Fsp3) is 0.172. The second-order valence-electron chi connectivity index (χ2n) is 32.2. The van der Waals surface area contributed by atoms with Crippen LogP contribution < -0.4 is 52.1 Å². The van der Waals surface area contributed by atoms with Crippen LogP contribution in [0.4, 0.5) is 12.9 Å². The summed E-state index contributed by atoms with van der Waals surface area (Å²) in [6, 6.07) is 102. The molecule has 0 bridgehead atoms. The van der Waals surface area contributed by atoms with Crippen LogP contribution in [0.25, 0.3) is 5.57 Å². The van der Waals surface area contributed by atoms with Gasteiger partial charge in [-0.25, -0.2) is 0 Å². The number of halogens is 4. The van der Waals surface area contributed by atoms with Crippen molar-refractivity contribution in [2.45, 2.75) is 76.0 Å². The van der Waals surface area contributed by atoms with Crippen LogP contribution >= 0.6 is 0 Å². The number of rotatable bonds is 30. The smallest absolute Gasteiger partial charge is 0.762 e. The van der Waals surface area contributed by atoms with Gasteiger partial charge in [0.05, 0.1) is 76.2 Å². The maximum absolute atomic E-state index is 12.8. The zero-order valence-corrected chi connectivity index (χ0v) is 81.2. The first-order valence-corrected chi connectivity index (χ1v) is 44.7. The molecule has 0 spiro atoms. The Morgan fingerprint density at radius 3 is 0.653 bits per heavy atom. The van der Waals surface area contributed by atoms with Crippen LogP contribution in [0.5, 0.6) is 57.5 Å². The number of aliphatic carboxylic acids is 2. The molecule has 144 heavy (non-hydrogen) atoms. The number of ketones is 1. The van der Waals surface area contributed by atoms with E-state index in [-0.39, 0.29) is 49.0 Å². The minimum Gasteiger partial charge on any atom is -1.00 e. The summed E-state index contributed by atoms with van der Waals surface area (Å²) in [5, 5.41) is 69.9. The normalized spacial score (nSPS) is 11.2. The number of carboxylic acids is 2. The number of aliphatic hydroxyl groups excluding tert-OH is 4. The maximum Gasteiger partial charge on any atom is 0.762 e. The van der Waals surface area contributed by atoms with Gasteiger partial charge in [0.25, 0.3) is 7.11 Å². The Kier molecular flexibility index (Phi) is 41.1. The molecule has 1 aliphatic rings. The molecular formula is C116H111BF4O23. The monoisotopic (exact) mass is 1960 g/mol. The number of hydrogen-bond acceptors (Lipinski definition) is 20. The zero-order chi connectivity index (χ0) is 103. The first kappa shape index (κ1) is 111. The predicted molar refractivity (Wildman–Crippen MR) is 541 cm³/mol. The Bertz CT molecular complexity index is 5890. The van der Waals surface area contributed by atoms with Gasteiger partial charge in [-0.3, -0.25) is 41.3 Å². The highest BCUT2D eigenvalue weighted by Gasteiger charge is 2.46. The van der Waals surface area contributed by atoms with E-state index in [9.17, 15) is 72.7 Å². The van der Waals surface area contributed by atoms with Gasteiger partial charge in [-0.2, -0.15) is 0 Å². The average molecular weight is 1960 g/mol. The number of ether oxygens (including phenoxy) is 10. The van der Waals surface area contributed by atoms with Gasteiger partial charge >= 0.3 is 43.2 Å². The van der Waals surface area contributed by atoms with E-state index in [0.29, 0.717) is 90.3 Å². The molecule has 0 fully saturated rings. The lowest BCUT2D eigenvalue weighted by Crippen LogP contribution is -3.00. The van der Waals surface area contributed by atoms with Gasteiger partial charge in [0, 0.05) is 38.3 Å². The van der Waals surface area contributed by atoms with Gasteiger partial charge in [-0.1, -0.05) is 218 Å². The van der Waals surface area contributed by atoms with Crippen molar-refractivity contribution < 1.29 is 129 Å². The Morgan fingerprint density at radius 2 is 0.458 bits per heavy atom. The third kappa shape index (κ3) is 27.6. The van der Waals surface area contributed by atoms with Crippen molar-refractivity contribution in [3.63, 3.8) is 0 Å². The van der Waals surface area contributed by atoms with Gasteiger partial charge in [-0.05, 0) is 252 Å². The van der Waals surface area contributed by atoms with Crippen molar-refractivity contribution in [2.24, 2.45) is 0 Å². The summed E-state index contributed by atoms with van der Waals surface area (Å²) in [6.07, 6.45) is 8.03. The molecule has 7 N–H and O–H groups in total. The second-order valence-corrected chi connectivity index (χ2v) is 32.2. The molecule has 0 aliphatic heterocycles. The number of allylic oxidation sites excluding steroid dienone is 5. The summed E-state index contributed by atoms with van der Waals surface area (Å²) >= 11 is 0. The molecule has 0 amide bonds. The largest absolute Gasteiger partial charge is 1.00 e. The number of methoxy groups -OCH3 is 7. The van der Waals surface area contributed by atoms with Crippen molar-refractivity contribution in [3.8, 4) is 57.5 Å². The van der Waals surface area contributed by atoms with Crippen LogP contribution in [0.2, 0.25) is 0 Å². The molecule has 744 valence electrons. The Morgan fingerprint density at radius 1 is 0.285 bits per heavy atom. The van der Waals surface area contributed by atoms with Crippen LogP contribution in [-0.2, 0) is 76.7 Å². The molecule has 14 aromatic carbocycles. The third-order valence-corrected chi connectivity index (χ3v) is 23.7. The first-order chi connectivity index (χ1) is 68.9. The number of carbonyl (C=O) groups excluding carboxylic acids is 4.